The van der Waals surface area contributed by atoms with Gasteiger partial charge in [0.25, 0.3) is 5.91 Å². The maximum Gasteiger partial charge on any atom is 0.330 e. The van der Waals surface area contributed by atoms with E-state index in [4.69, 9.17) is 16.7 Å². The summed E-state index contributed by atoms with van der Waals surface area (Å²) in [7, 11) is 0. The molecule has 2 unspecified atom stereocenters. The van der Waals surface area contributed by atoms with Crippen molar-refractivity contribution >= 4 is 45.8 Å². The average molecular weight is 326 g/mol. The Kier molecular flexibility index (Phi) is 4.53. The number of β-lactam (4-membered cyclic amide) rings is 1. The van der Waals surface area contributed by atoms with Crippen LogP contribution in [0.4, 0.5) is 0 Å². The van der Waals surface area contributed by atoms with E-state index in [-0.39, 0.29) is 5.33 Å². The monoisotopic (exact) mass is 324 g/mol. The summed E-state index contributed by atoms with van der Waals surface area (Å²) in [6, 6.07) is -2.06. The minimum Gasteiger partial charge on any atom is -0.479 e. The molecule has 0 aromatic rings. The van der Waals surface area contributed by atoms with Crippen molar-refractivity contribution in [3.05, 3.63) is 12.2 Å². The molecule has 1 fully saturated rings. The zero-order valence-electron chi connectivity index (χ0n) is 8.60. The Labute approximate surface area is 111 Å². The van der Waals surface area contributed by atoms with Crippen molar-refractivity contribution in [3.8, 4) is 0 Å². The lowest BCUT2D eigenvalue weighted by atomic mass is 10.00. The van der Waals surface area contributed by atoms with Crippen molar-refractivity contribution in [2.45, 2.75) is 17.6 Å². The third kappa shape index (κ3) is 2.44. The van der Waals surface area contributed by atoms with Crippen LogP contribution in [0.25, 0.3) is 0 Å². The van der Waals surface area contributed by atoms with Gasteiger partial charge < -0.3 is 15.3 Å². The van der Waals surface area contributed by atoms with Crippen molar-refractivity contribution in [3.63, 3.8) is 0 Å². The number of carboxylic acid groups (broad SMARTS) is 1. The molecule has 94 valence electrons. The van der Waals surface area contributed by atoms with Gasteiger partial charge in [0.2, 0.25) is 6.41 Å². The third-order valence-corrected chi connectivity index (χ3v) is 3.56. The highest BCUT2D eigenvalue weighted by Crippen LogP contribution is 2.29. The van der Waals surface area contributed by atoms with E-state index in [0.29, 0.717) is 12.0 Å². The molecule has 8 heteroatoms. The third-order valence-electron chi connectivity index (χ3n) is 2.38. The Morgan fingerprint density at radius 2 is 2.35 bits per heavy atom. The molecule has 6 nitrogen and oxygen atoms in total. The van der Waals surface area contributed by atoms with Crippen LogP contribution < -0.4 is 5.32 Å². The Balaban J connectivity index is 2.85. The molecule has 1 saturated heterocycles. The smallest absolute Gasteiger partial charge is 0.330 e. The molecule has 2 amide bonds. The molecule has 1 aliphatic heterocycles. The molecule has 0 aromatic carbocycles. The summed E-state index contributed by atoms with van der Waals surface area (Å²) in [6.45, 7) is 3.57. The van der Waals surface area contributed by atoms with Gasteiger partial charge in [0.1, 0.15) is 11.5 Å². The van der Waals surface area contributed by atoms with Crippen LogP contribution in [0.3, 0.4) is 0 Å². The SMILES string of the molecule is C=C(CBr)[C@@H](C(=O)O)N1C(=O)C(NC=O)C1Cl. The number of alkyl halides is 2. The predicted octanol–water partition coefficient (Wildman–Crippen LogP) is -0.0876. The number of carbonyl (C=O) groups excluding carboxylic acids is 2. The molecule has 3 atom stereocenters. The van der Waals surface area contributed by atoms with Crippen LogP contribution in [0.15, 0.2) is 12.2 Å². The molecule has 2 N–H and O–H groups in total. The number of carboxylic acids is 1. The number of nitrogens with zero attached hydrogens (tertiary/aromatic N) is 1. The molecule has 1 rings (SSSR count). The highest BCUT2D eigenvalue weighted by Gasteiger charge is 2.52. The Morgan fingerprint density at radius 1 is 1.76 bits per heavy atom. The van der Waals surface area contributed by atoms with Crippen LogP contribution in [0, 0.1) is 0 Å². The molecule has 0 saturated carbocycles. The van der Waals surface area contributed by atoms with Gasteiger partial charge in [-0.2, -0.15) is 0 Å². The maximum atomic E-state index is 11.6. The van der Waals surface area contributed by atoms with Gasteiger partial charge in [0.05, 0.1) is 0 Å². The number of hydrogen-bond donors (Lipinski definition) is 2. The highest BCUT2D eigenvalue weighted by molar-refractivity contribution is 9.09. The molecule has 1 aliphatic rings. The topological polar surface area (TPSA) is 86.7 Å². The van der Waals surface area contributed by atoms with Crippen molar-refractivity contribution in [2.24, 2.45) is 0 Å². The standard InChI is InChI=1S/C9H10BrClN2O4/c1-4(2-10)6(9(16)17)13-7(11)5(8(13)15)12-3-14/h3,5-7H,1-2H2,(H,12,14)(H,16,17)/t5?,6-,7?/m0/s1. The number of halogens is 2. The summed E-state index contributed by atoms with van der Waals surface area (Å²) in [6.07, 6.45) is 0.352. The first-order chi connectivity index (χ1) is 7.95. The molecule has 0 aliphatic carbocycles. The van der Waals surface area contributed by atoms with Gasteiger partial charge in [-0.15, -0.1) is 0 Å². The summed E-state index contributed by atoms with van der Waals surface area (Å²) in [5.41, 5.74) is -0.578. The van der Waals surface area contributed by atoms with Crippen LogP contribution in [-0.4, -0.2) is 51.2 Å². The van der Waals surface area contributed by atoms with E-state index in [2.05, 4.69) is 27.8 Å². The lowest BCUT2D eigenvalue weighted by Crippen LogP contribution is -2.71. The van der Waals surface area contributed by atoms with Crippen molar-refractivity contribution in [2.75, 3.05) is 5.33 Å². The summed E-state index contributed by atoms with van der Waals surface area (Å²) >= 11 is 8.93. The average Bonchev–Trinajstić information content (AvgIpc) is 2.31. The van der Waals surface area contributed by atoms with Gasteiger partial charge >= 0.3 is 5.97 Å². The normalized spacial score (nSPS) is 24.8. The quantitative estimate of drug-likeness (QED) is 0.235. The number of amides is 2. The van der Waals surface area contributed by atoms with Gasteiger partial charge in [0.15, 0.2) is 6.04 Å². The molecule has 17 heavy (non-hydrogen) atoms. The summed E-state index contributed by atoms with van der Waals surface area (Å²) in [4.78, 5) is 33.9. The zero-order valence-corrected chi connectivity index (χ0v) is 10.9. The van der Waals surface area contributed by atoms with Gasteiger partial charge in [-0.05, 0) is 5.57 Å². The lowest BCUT2D eigenvalue weighted by molar-refractivity contribution is -0.159. The van der Waals surface area contributed by atoms with Crippen molar-refractivity contribution in [1.29, 1.82) is 0 Å². The van der Waals surface area contributed by atoms with E-state index in [1.807, 2.05) is 0 Å². The Morgan fingerprint density at radius 3 is 2.71 bits per heavy atom. The van der Waals surface area contributed by atoms with E-state index < -0.39 is 29.5 Å². The predicted molar refractivity (Wildman–Crippen MR) is 63.8 cm³/mol. The maximum absolute atomic E-state index is 11.6. The number of carbonyl (C=O) groups is 3. The van der Waals surface area contributed by atoms with Crippen molar-refractivity contribution < 1.29 is 19.5 Å². The van der Waals surface area contributed by atoms with Crippen LogP contribution in [-0.2, 0) is 14.4 Å². The molecule has 0 aromatic heterocycles. The van der Waals surface area contributed by atoms with E-state index in [1.54, 1.807) is 0 Å². The molecule has 0 bridgehead atoms. The molecular formula is C9H10BrClN2O4. The molecule has 0 radical (unpaired) electrons. The van der Waals surface area contributed by atoms with Crippen LogP contribution in [0.2, 0.25) is 0 Å². The van der Waals surface area contributed by atoms with Crippen LogP contribution in [0.5, 0.6) is 0 Å². The van der Waals surface area contributed by atoms with Crippen molar-refractivity contribution in [1.82, 2.24) is 10.2 Å². The van der Waals surface area contributed by atoms with E-state index in [1.165, 1.54) is 0 Å². The highest BCUT2D eigenvalue weighted by atomic mass is 79.9. The first kappa shape index (κ1) is 14.0. The van der Waals surface area contributed by atoms with Gasteiger partial charge in [-0.25, -0.2) is 4.79 Å². The number of rotatable bonds is 6. The fraction of sp³-hybridized carbons (Fsp3) is 0.444. The van der Waals surface area contributed by atoms with Gasteiger partial charge in [-0.3, -0.25) is 9.59 Å². The van der Waals surface area contributed by atoms with Gasteiger partial charge in [0, 0.05) is 5.33 Å². The largest absolute Gasteiger partial charge is 0.479 e. The Bertz CT molecular complexity index is 376. The summed E-state index contributed by atoms with van der Waals surface area (Å²) in [5.74, 6) is -1.75. The fourth-order valence-electron chi connectivity index (χ4n) is 1.54. The first-order valence-corrected chi connectivity index (χ1v) is 6.13. The van der Waals surface area contributed by atoms with E-state index in [0.717, 1.165) is 4.90 Å². The molecule has 0 spiro atoms. The minimum atomic E-state index is -1.21. The zero-order chi connectivity index (χ0) is 13.2. The second kappa shape index (κ2) is 5.50. The summed E-state index contributed by atoms with van der Waals surface area (Å²) < 4.78 is 0. The number of aliphatic carboxylic acids is 1. The molecular weight excluding hydrogens is 315 g/mol. The number of hydrogen-bond acceptors (Lipinski definition) is 3. The second-order valence-corrected chi connectivity index (χ2v) is 4.42. The summed E-state index contributed by atoms with van der Waals surface area (Å²) in [5, 5.41) is 11.5. The Hall–Kier alpha value is -1.08. The van der Waals surface area contributed by atoms with Crippen LogP contribution >= 0.6 is 27.5 Å². The molecule has 1 heterocycles. The van der Waals surface area contributed by atoms with Gasteiger partial charge in [-0.1, -0.05) is 34.1 Å². The number of nitrogens with one attached hydrogen (secondary N) is 1. The van der Waals surface area contributed by atoms with Crippen LogP contribution in [0.1, 0.15) is 0 Å². The fourth-order valence-corrected chi connectivity index (χ4v) is 2.23. The minimum absolute atomic E-state index is 0.239. The first-order valence-electron chi connectivity index (χ1n) is 4.58. The lowest BCUT2D eigenvalue weighted by Gasteiger charge is -2.46. The second-order valence-electron chi connectivity index (χ2n) is 3.41. The number of likely N-dealkylation sites (tertiary alicyclic amines) is 1. The van der Waals surface area contributed by atoms with E-state index in [9.17, 15) is 14.4 Å². The van der Waals surface area contributed by atoms with E-state index >= 15 is 0 Å².